The van der Waals surface area contributed by atoms with Gasteiger partial charge in [0, 0.05) is 12.6 Å². The van der Waals surface area contributed by atoms with E-state index < -0.39 is 33.3 Å². The number of anilines is 2. The van der Waals surface area contributed by atoms with Crippen LogP contribution < -0.4 is 9.62 Å². The second-order valence-corrected chi connectivity index (χ2v) is 7.85. The Bertz CT molecular complexity index is 1080. The number of carbonyl (C=O) groups excluding carboxylic acids is 1. The summed E-state index contributed by atoms with van der Waals surface area (Å²) in [5.41, 5.74) is -0.0173. The number of nitrogens with one attached hydrogen (secondary N) is 1. The van der Waals surface area contributed by atoms with Crippen molar-refractivity contribution < 1.29 is 22.0 Å². The molecule has 144 valence electrons. The maximum Gasteiger partial charge on any atom is 0.264 e. The molecule has 5 nitrogen and oxygen atoms in total. The lowest BCUT2D eigenvalue weighted by atomic mass is 10.2. The fourth-order valence-corrected chi connectivity index (χ4v) is 3.71. The summed E-state index contributed by atoms with van der Waals surface area (Å²) in [5, 5.41) is 2.15. The molecular formula is C20H16F2N2O3S. The molecule has 0 saturated carbocycles. The highest BCUT2D eigenvalue weighted by atomic mass is 32.2. The number of benzene rings is 3. The SMILES string of the molecule is CN(c1ccccc1)S(=O)(=O)c1ccc(C(=O)Nc2c(F)cccc2F)cc1. The van der Waals surface area contributed by atoms with Crippen LogP contribution in [0.5, 0.6) is 0 Å². The fourth-order valence-electron chi connectivity index (χ4n) is 2.52. The largest absolute Gasteiger partial charge is 0.317 e. The summed E-state index contributed by atoms with van der Waals surface area (Å²) in [6.07, 6.45) is 0. The summed E-state index contributed by atoms with van der Waals surface area (Å²) in [6.45, 7) is 0. The summed E-state index contributed by atoms with van der Waals surface area (Å²) >= 11 is 0. The molecule has 0 aliphatic carbocycles. The summed E-state index contributed by atoms with van der Waals surface area (Å²) in [5.74, 6) is -2.57. The molecular weight excluding hydrogens is 386 g/mol. The van der Waals surface area contributed by atoms with Crippen LogP contribution in [0.15, 0.2) is 77.7 Å². The third-order valence-electron chi connectivity index (χ3n) is 4.10. The van der Waals surface area contributed by atoms with E-state index in [1.165, 1.54) is 37.4 Å². The van der Waals surface area contributed by atoms with Gasteiger partial charge in [-0.05, 0) is 48.5 Å². The smallest absolute Gasteiger partial charge is 0.264 e. The molecule has 0 heterocycles. The Labute approximate surface area is 161 Å². The molecule has 3 rings (SSSR count). The summed E-state index contributed by atoms with van der Waals surface area (Å²) in [4.78, 5) is 12.2. The van der Waals surface area contributed by atoms with Gasteiger partial charge in [0.15, 0.2) is 0 Å². The molecule has 0 spiro atoms. The van der Waals surface area contributed by atoms with E-state index in [1.54, 1.807) is 30.3 Å². The zero-order chi connectivity index (χ0) is 20.3. The third kappa shape index (κ3) is 3.86. The minimum absolute atomic E-state index is 0.0209. The molecule has 0 aliphatic heterocycles. The highest BCUT2D eigenvalue weighted by molar-refractivity contribution is 7.92. The predicted molar refractivity (Wildman–Crippen MR) is 103 cm³/mol. The van der Waals surface area contributed by atoms with E-state index in [9.17, 15) is 22.0 Å². The quantitative estimate of drug-likeness (QED) is 0.700. The van der Waals surface area contributed by atoms with Gasteiger partial charge in [0.25, 0.3) is 15.9 Å². The lowest BCUT2D eigenvalue weighted by Crippen LogP contribution is -2.26. The Morgan fingerprint density at radius 3 is 2.00 bits per heavy atom. The Morgan fingerprint density at radius 1 is 0.857 bits per heavy atom. The molecule has 0 saturated heterocycles. The van der Waals surface area contributed by atoms with E-state index in [-0.39, 0.29) is 10.5 Å². The Hall–Kier alpha value is -3.26. The number of hydrogen-bond acceptors (Lipinski definition) is 3. The minimum atomic E-state index is -3.83. The molecule has 0 atom stereocenters. The summed E-state index contributed by atoms with van der Waals surface area (Å²) in [6, 6.07) is 16.8. The van der Waals surface area contributed by atoms with Gasteiger partial charge in [-0.3, -0.25) is 9.10 Å². The number of nitrogens with zero attached hydrogens (tertiary/aromatic N) is 1. The van der Waals surface area contributed by atoms with E-state index in [1.807, 2.05) is 0 Å². The third-order valence-corrected chi connectivity index (χ3v) is 5.90. The lowest BCUT2D eigenvalue weighted by molar-refractivity contribution is 0.102. The maximum absolute atomic E-state index is 13.7. The van der Waals surface area contributed by atoms with Crippen molar-refractivity contribution in [1.82, 2.24) is 0 Å². The van der Waals surface area contributed by atoms with Crippen LogP contribution in [0.2, 0.25) is 0 Å². The Morgan fingerprint density at radius 2 is 1.43 bits per heavy atom. The van der Waals surface area contributed by atoms with E-state index in [0.717, 1.165) is 16.4 Å². The number of sulfonamides is 1. The monoisotopic (exact) mass is 402 g/mol. The first-order chi connectivity index (χ1) is 13.3. The van der Waals surface area contributed by atoms with Crippen molar-refractivity contribution in [3.63, 3.8) is 0 Å². The molecule has 8 heteroatoms. The second-order valence-electron chi connectivity index (χ2n) is 5.88. The number of carbonyl (C=O) groups is 1. The number of amides is 1. The van der Waals surface area contributed by atoms with Crippen molar-refractivity contribution in [3.8, 4) is 0 Å². The highest BCUT2D eigenvalue weighted by Crippen LogP contribution is 2.23. The van der Waals surface area contributed by atoms with Gasteiger partial charge < -0.3 is 5.32 Å². The highest BCUT2D eigenvalue weighted by Gasteiger charge is 2.22. The summed E-state index contributed by atoms with van der Waals surface area (Å²) < 4.78 is 53.9. The topological polar surface area (TPSA) is 66.5 Å². The molecule has 0 aliphatic rings. The normalized spacial score (nSPS) is 11.1. The number of halogens is 2. The number of para-hydroxylation sites is 2. The van der Waals surface area contributed by atoms with Crippen LogP contribution in [0.3, 0.4) is 0 Å². The minimum Gasteiger partial charge on any atom is -0.317 e. The average Bonchev–Trinajstić information content (AvgIpc) is 2.71. The fraction of sp³-hybridized carbons (Fsp3) is 0.0500. The maximum atomic E-state index is 13.7. The number of rotatable bonds is 5. The van der Waals surface area contributed by atoms with Crippen LogP contribution in [0.4, 0.5) is 20.2 Å². The second kappa shape index (κ2) is 7.77. The first-order valence-electron chi connectivity index (χ1n) is 8.20. The van der Waals surface area contributed by atoms with E-state index >= 15 is 0 Å². The van der Waals surface area contributed by atoms with Gasteiger partial charge in [-0.2, -0.15) is 0 Å². The standard InChI is InChI=1S/C20H16F2N2O3S/c1-24(15-6-3-2-4-7-15)28(26,27)16-12-10-14(11-13-16)20(25)23-19-17(21)8-5-9-18(19)22/h2-13H,1H3,(H,23,25). The first kappa shape index (κ1) is 19.5. The van der Waals surface area contributed by atoms with Crippen molar-refractivity contribution in [2.75, 3.05) is 16.7 Å². The molecule has 3 aromatic rings. The molecule has 0 aromatic heterocycles. The van der Waals surface area contributed by atoms with Crippen molar-refractivity contribution in [2.24, 2.45) is 0 Å². The van der Waals surface area contributed by atoms with Crippen LogP contribution in [0.1, 0.15) is 10.4 Å². The van der Waals surface area contributed by atoms with Crippen LogP contribution in [-0.2, 0) is 10.0 Å². The molecule has 1 amide bonds. The van der Waals surface area contributed by atoms with E-state index in [4.69, 9.17) is 0 Å². The van der Waals surface area contributed by atoms with Crippen LogP contribution >= 0.6 is 0 Å². The van der Waals surface area contributed by atoms with E-state index in [0.29, 0.717) is 5.69 Å². The molecule has 0 unspecified atom stereocenters. The molecule has 3 aromatic carbocycles. The predicted octanol–water partition coefficient (Wildman–Crippen LogP) is 4.04. The van der Waals surface area contributed by atoms with Crippen LogP contribution in [0, 0.1) is 11.6 Å². The van der Waals surface area contributed by atoms with Gasteiger partial charge in [0.2, 0.25) is 0 Å². The molecule has 0 radical (unpaired) electrons. The van der Waals surface area contributed by atoms with Crippen molar-refractivity contribution in [3.05, 3.63) is 90.0 Å². The number of hydrogen-bond donors (Lipinski definition) is 1. The van der Waals surface area contributed by atoms with Gasteiger partial charge in [0.05, 0.1) is 10.6 Å². The first-order valence-corrected chi connectivity index (χ1v) is 9.64. The van der Waals surface area contributed by atoms with Crippen LogP contribution in [-0.4, -0.2) is 21.4 Å². The van der Waals surface area contributed by atoms with Gasteiger partial charge in [-0.25, -0.2) is 17.2 Å². The average molecular weight is 402 g/mol. The zero-order valence-corrected chi connectivity index (χ0v) is 15.6. The molecule has 1 N–H and O–H groups in total. The van der Waals surface area contributed by atoms with Gasteiger partial charge in [-0.1, -0.05) is 24.3 Å². The van der Waals surface area contributed by atoms with Crippen LogP contribution in [0.25, 0.3) is 0 Å². The Kier molecular flexibility index (Phi) is 5.41. The molecule has 28 heavy (non-hydrogen) atoms. The van der Waals surface area contributed by atoms with Crippen molar-refractivity contribution in [2.45, 2.75) is 4.90 Å². The van der Waals surface area contributed by atoms with Crippen molar-refractivity contribution in [1.29, 1.82) is 0 Å². The zero-order valence-electron chi connectivity index (χ0n) is 14.8. The molecule has 0 bridgehead atoms. The van der Waals surface area contributed by atoms with Gasteiger partial charge >= 0.3 is 0 Å². The van der Waals surface area contributed by atoms with E-state index in [2.05, 4.69) is 5.32 Å². The molecule has 0 fully saturated rings. The van der Waals surface area contributed by atoms with Crippen molar-refractivity contribution >= 4 is 27.3 Å². The Balaban J connectivity index is 1.82. The lowest BCUT2D eigenvalue weighted by Gasteiger charge is -2.19. The van der Waals surface area contributed by atoms with Gasteiger partial charge in [-0.15, -0.1) is 0 Å². The summed E-state index contributed by atoms with van der Waals surface area (Å²) in [7, 11) is -2.40. The van der Waals surface area contributed by atoms with Gasteiger partial charge in [0.1, 0.15) is 17.3 Å².